The number of furan rings is 1. The van der Waals surface area contributed by atoms with Gasteiger partial charge in [-0.3, -0.25) is 4.79 Å². The monoisotopic (exact) mass is 277 g/mol. The highest BCUT2D eigenvalue weighted by atomic mass is 16.5. The molecule has 0 saturated carbocycles. The molecule has 2 fully saturated rings. The standard InChI is InChI=1S/C16H23NO3/c18-16(13-7-11-19-12-8-13)17-9-3-1-2-5-14(17)15-6-4-10-20-15/h4,6,10,13-14H,1-3,5,7-9,11-12H2/t14-/m1/s1. The summed E-state index contributed by atoms with van der Waals surface area (Å²) in [4.78, 5) is 14.9. The summed E-state index contributed by atoms with van der Waals surface area (Å²) in [5, 5.41) is 0. The molecule has 2 aliphatic heterocycles. The molecule has 0 aliphatic carbocycles. The quantitative estimate of drug-likeness (QED) is 0.834. The smallest absolute Gasteiger partial charge is 0.226 e. The number of carbonyl (C=O) groups is 1. The number of amides is 1. The van der Waals surface area contributed by atoms with Gasteiger partial charge in [-0.2, -0.15) is 0 Å². The summed E-state index contributed by atoms with van der Waals surface area (Å²) in [7, 11) is 0. The minimum absolute atomic E-state index is 0.128. The first-order valence-corrected chi connectivity index (χ1v) is 7.78. The lowest BCUT2D eigenvalue weighted by molar-refractivity contribution is -0.141. The first-order valence-electron chi connectivity index (χ1n) is 7.78. The summed E-state index contributed by atoms with van der Waals surface area (Å²) < 4.78 is 10.9. The lowest BCUT2D eigenvalue weighted by Gasteiger charge is -2.33. The molecule has 0 aromatic carbocycles. The summed E-state index contributed by atoms with van der Waals surface area (Å²) in [5.41, 5.74) is 0. The van der Waals surface area contributed by atoms with Crippen molar-refractivity contribution < 1.29 is 13.9 Å². The van der Waals surface area contributed by atoms with Gasteiger partial charge in [0.25, 0.3) is 0 Å². The second kappa shape index (κ2) is 6.44. The molecule has 0 radical (unpaired) electrons. The largest absolute Gasteiger partial charge is 0.467 e. The van der Waals surface area contributed by atoms with Crippen LogP contribution in [0.2, 0.25) is 0 Å². The third-order valence-electron chi connectivity index (χ3n) is 4.48. The highest BCUT2D eigenvalue weighted by molar-refractivity contribution is 5.79. The van der Waals surface area contributed by atoms with Crippen LogP contribution in [0.3, 0.4) is 0 Å². The Labute approximate surface area is 120 Å². The van der Waals surface area contributed by atoms with E-state index in [1.807, 2.05) is 12.1 Å². The van der Waals surface area contributed by atoms with Crippen LogP contribution in [0.4, 0.5) is 0 Å². The molecule has 3 heterocycles. The molecule has 1 amide bonds. The van der Waals surface area contributed by atoms with Crippen LogP contribution in [0.1, 0.15) is 50.3 Å². The van der Waals surface area contributed by atoms with E-state index in [4.69, 9.17) is 9.15 Å². The Hall–Kier alpha value is -1.29. The third kappa shape index (κ3) is 2.90. The molecule has 4 nitrogen and oxygen atoms in total. The van der Waals surface area contributed by atoms with E-state index in [2.05, 4.69) is 4.90 Å². The normalized spacial score (nSPS) is 25.4. The number of rotatable bonds is 2. The summed E-state index contributed by atoms with van der Waals surface area (Å²) >= 11 is 0. The molecule has 0 spiro atoms. The van der Waals surface area contributed by atoms with E-state index >= 15 is 0 Å². The van der Waals surface area contributed by atoms with Gasteiger partial charge in [0.15, 0.2) is 0 Å². The molecule has 110 valence electrons. The average molecular weight is 277 g/mol. The van der Waals surface area contributed by atoms with E-state index in [0.717, 1.165) is 51.2 Å². The van der Waals surface area contributed by atoms with Crippen molar-refractivity contribution in [2.45, 2.75) is 44.6 Å². The predicted octanol–water partition coefficient (Wildman–Crippen LogP) is 3.15. The van der Waals surface area contributed by atoms with E-state index in [-0.39, 0.29) is 12.0 Å². The van der Waals surface area contributed by atoms with Crippen molar-refractivity contribution in [2.24, 2.45) is 5.92 Å². The zero-order valence-corrected chi connectivity index (χ0v) is 11.9. The molecule has 0 bridgehead atoms. The molecule has 2 saturated heterocycles. The van der Waals surface area contributed by atoms with Gasteiger partial charge in [-0.05, 0) is 37.8 Å². The molecule has 0 unspecified atom stereocenters. The van der Waals surface area contributed by atoms with Crippen LogP contribution in [0.25, 0.3) is 0 Å². The molecule has 1 atom stereocenters. The van der Waals surface area contributed by atoms with Crippen LogP contribution in [0.15, 0.2) is 22.8 Å². The van der Waals surface area contributed by atoms with Crippen molar-refractivity contribution in [3.8, 4) is 0 Å². The van der Waals surface area contributed by atoms with Crippen molar-refractivity contribution in [3.05, 3.63) is 24.2 Å². The van der Waals surface area contributed by atoms with Crippen LogP contribution in [-0.2, 0) is 9.53 Å². The number of carbonyl (C=O) groups excluding carboxylic acids is 1. The highest BCUT2D eigenvalue weighted by Crippen LogP contribution is 2.32. The Morgan fingerprint density at radius 3 is 2.75 bits per heavy atom. The summed E-state index contributed by atoms with van der Waals surface area (Å²) in [6.07, 6.45) is 7.92. The van der Waals surface area contributed by atoms with Crippen LogP contribution in [0, 0.1) is 5.92 Å². The van der Waals surface area contributed by atoms with Crippen LogP contribution >= 0.6 is 0 Å². The lowest BCUT2D eigenvalue weighted by Crippen LogP contribution is -2.40. The fourth-order valence-corrected chi connectivity index (χ4v) is 3.33. The number of hydrogen-bond donors (Lipinski definition) is 0. The van der Waals surface area contributed by atoms with Gasteiger partial charge in [0.2, 0.25) is 5.91 Å². The van der Waals surface area contributed by atoms with Crippen molar-refractivity contribution in [1.29, 1.82) is 0 Å². The van der Waals surface area contributed by atoms with E-state index in [1.54, 1.807) is 6.26 Å². The van der Waals surface area contributed by atoms with Gasteiger partial charge in [0.05, 0.1) is 12.3 Å². The molecule has 1 aromatic heterocycles. The van der Waals surface area contributed by atoms with Crippen LogP contribution < -0.4 is 0 Å². The van der Waals surface area contributed by atoms with Crippen molar-refractivity contribution >= 4 is 5.91 Å². The molecule has 4 heteroatoms. The number of ether oxygens (including phenoxy) is 1. The number of likely N-dealkylation sites (tertiary alicyclic amines) is 1. The Bertz CT molecular complexity index is 423. The first kappa shape index (κ1) is 13.7. The van der Waals surface area contributed by atoms with Crippen molar-refractivity contribution in [3.63, 3.8) is 0 Å². The first-order chi connectivity index (χ1) is 9.86. The van der Waals surface area contributed by atoms with E-state index in [0.29, 0.717) is 5.91 Å². The molecule has 20 heavy (non-hydrogen) atoms. The fourth-order valence-electron chi connectivity index (χ4n) is 3.33. The zero-order chi connectivity index (χ0) is 13.8. The minimum Gasteiger partial charge on any atom is -0.467 e. The topological polar surface area (TPSA) is 42.7 Å². The van der Waals surface area contributed by atoms with Crippen molar-refractivity contribution in [2.75, 3.05) is 19.8 Å². The maximum absolute atomic E-state index is 12.8. The Balaban J connectivity index is 1.77. The third-order valence-corrected chi connectivity index (χ3v) is 4.48. The van der Waals surface area contributed by atoms with Crippen LogP contribution in [0.5, 0.6) is 0 Å². The summed E-state index contributed by atoms with van der Waals surface area (Å²) in [5.74, 6) is 1.38. The van der Waals surface area contributed by atoms with Gasteiger partial charge in [-0.1, -0.05) is 12.8 Å². The van der Waals surface area contributed by atoms with Crippen molar-refractivity contribution in [1.82, 2.24) is 4.90 Å². The molecule has 2 aliphatic rings. The summed E-state index contributed by atoms with van der Waals surface area (Å²) in [6.45, 7) is 2.30. The maximum Gasteiger partial charge on any atom is 0.226 e. The van der Waals surface area contributed by atoms with Gasteiger partial charge in [0, 0.05) is 25.7 Å². The average Bonchev–Trinajstić information content (AvgIpc) is 2.92. The lowest BCUT2D eigenvalue weighted by atomic mass is 9.97. The summed E-state index contributed by atoms with van der Waals surface area (Å²) in [6, 6.07) is 4.04. The fraction of sp³-hybridized carbons (Fsp3) is 0.688. The SMILES string of the molecule is O=C(C1CCOCC1)N1CCCCC[C@@H]1c1ccco1. The van der Waals surface area contributed by atoms with Gasteiger partial charge >= 0.3 is 0 Å². The second-order valence-corrected chi connectivity index (χ2v) is 5.80. The van der Waals surface area contributed by atoms with E-state index in [1.165, 1.54) is 12.8 Å². The Morgan fingerprint density at radius 1 is 1.15 bits per heavy atom. The zero-order valence-electron chi connectivity index (χ0n) is 11.9. The molecule has 3 rings (SSSR count). The van der Waals surface area contributed by atoms with E-state index < -0.39 is 0 Å². The van der Waals surface area contributed by atoms with E-state index in [9.17, 15) is 4.79 Å². The van der Waals surface area contributed by atoms with Gasteiger partial charge in [0.1, 0.15) is 5.76 Å². The predicted molar refractivity (Wildman–Crippen MR) is 75.2 cm³/mol. The second-order valence-electron chi connectivity index (χ2n) is 5.80. The number of nitrogens with zero attached hydrogens (tertiary/aromatic N) is 1. The van der Waals surface area contributed by atoms with Gasteiger partial charge < -0.3 is 14.1 Å². The molecular weight excluding hydrogens is 254 g/mol. The maximum atomic E-state index is 12.8. The molecular formula is C16H23NO3. The van der Waals surface area contributed by atoms with Gasteiger partial charge in [-0.15, -0.1) is 0 Å². The highest BCUT2D eigenvalue weighted by Gasteiger charge is 2.33. The minimum atomic E-state index is 0.128. The van der Waals surface area contributed by atoms with Gasteiger partial charge in [-0.25, -0.2) is 0 Å². The Morgan fingerprint density at radius 2 is 2.00 bits per heavy atom. The Kier molecular flexibility index (Phi) is 4.41. The molecule has 1 aromatic rings. The molecule has 0 N–H and O–H groups in total. The van der Waals surface area contributed by atoms with Crippen LogP contribution in [-0.4, -0.2) is 30.6 Å². The number of hydrogen-bond acceptors (Lipinski definition) is 3.